The molecule has 0 aliphatic carbocycles. The van der Waals surface area contributed by atoms with E-state index in [0.29, 0.717) is 0 Å². The van der Waals surface area contributed by atoms with Crippen molar-refractivity contribution < 1.29 is 30.9 Å². The van der Waals surface area contributed by atoms with E-state index in [9.17, 15) is 30.9 Å². The largest absolute Gasteiger partial charge is 0.454 e. The summed E-state index contributed by atoms with van der Waals surface area (Å²) in [5.74, 6) is -5.36. The summed E-state index contributed by atoms with van der Waals surface area (Å²) in [6.07, 6.45) is -5.93. The lowest BCUT2D eigenvalue weighted by Gasteiger charge is -2.18. The van der Waals surface area contributed by atoms with Gasteiger partial charge in [0.15, 0.2) is 0 Å². The van der Waals surface area contributed by atoms with Gasteiger partial charge in [-0.2, -0.15) is 22.0 Å². The van der Waals surface area contributed by atoms with Crippen LogP contribution < -0.4 is 0 Å². The fourth-order valence-corrected chi connectivity index (χ4v) is 0.240. The zero-order valence-corrected chi connectivity index (χ0v) is 4.80. The molecule has 11 heavy (non-hydrogen) atoms. The number of alkyl halides is 5. The van der Waals surface area contributed by atoms with Crippen molar-refractivity contribution >= 4 is 0 Å². The van der Waals surface area contributed by atoms with E-state index in [4.69, 9.17) is 0 Å². The van der Waals surface area contributed by atoms with Crippen LogP contribution in [0.15, 0.2) is 0 Å². The van der Waals surface area contributed by atoms with Crippen LogP contribution in [-0.2, 0) is 0 Å². The molecule has 0 rings (SSSR count). The third-order valence-corrected chi connectivity index (χ3v) is 0.733. The summed E-state index contributed by atoms with van der Waals surface area (Å²) in [6, 6.07) is 0. The van der Waals surface area contributed by atoms with Crippen molar-refractivity contribution in [1.29, 1.82) is 0 Å². The average Bonchev–Trinajstić information content (AvgIpc) is 1.56. The number of rotatable bonds is 2. The highest BCUT2D eigenvalue weighted by Gasteiger charge is 2.58. The molecule has 0 spiro atoms. The summed E-state index contributed by atoms with van der Waals surface area (Å²) >= 11 is 0. The highest BCUT2D eigenvalue weighted by molar-refractivity contribution is 4.75. The minimum absolute atomic E-state index is 2.21. The molecular formula is C3H2F7N. The van der Waals surface area contributed by atoms with Crippen molar-refractivity contribution in [3.8, 4) is 0 Å². The molecule has 0 radical (unpaired) electrons. The molecule has 0 saturated heterocycles. The van der Waals surface area contributed by atoms with Gasteiger partial charge in [0.25, 0.3) is 0 Å². The van der Waals surface area contributed by atoms with Crippen LogP contribution in [0, 0.1) is 0 Å². The van der Waals surface area contributed by atoms with Gasteiger partial charge in [-0.15, -0.1) is 8.96 Å². The van der Waals surface area contributed by atoms with Crippen LogP contribution in [0.2, 0.25) is 0 Å². The van der Waals surface area contributed by atoms with Gasteiger partial charge in [-0.1, -0.05) is 0 Å². The van der Waals surface area contributed by atoms with Gasteiger partial charge >= 0.3 is 12.1 Å². The van der Waals surface area contributed by atoms with E-state index < -0.39 is 24.0 Å². The normalized spacial score (nSPS) is 14.2. The van der Waals surface area contributed by atoms with E-state index in [1.165, 1.54) is 0 Å². The zero-order valence-electron chi connectivity index (χ0n) is 4.80. The van der Waals surface area contributed by atoms with Crippen molar-refractivity contribution in [3.05, 3.63) is 0 Å². The Morgan fingerprint density at radius 3 is 1.36 bits per heavy atom. The molecule has 0 heterocycles. The Labute approximate surface area is 56.3 Å². The van der Waals surface area contributed by atoms with Crippen molar-refractivity contribution in [2.24, 2.45) is 0 Å². The van der Waals surface area contributed by atoms with Crippen molar-refractivity contribution in [2.45, 2.75) is 12.1 Å². The Morgan fingerprint density at radius 2 is 1.27 bits per heavy atom. The van der Waals surface area contributed by atoms with Gasteiger partial charge in [0.2, 0.25) is 0 Å². The summed E-state index contributed by atoms with van der Waals surface area (Å²) in [6.45, 7) is -2.64. The lowest BCUT2D eigenvalue weighted by molar-refractivity contribution is -0.314. The third kappa shape index (κ3) is 2.91. The molecule has 0 fully saturated rings. The van der Waals surface area contributed by atoms with Crippen molar-refractivity contribution in [3.63, 3.8) is 0 Å². The maximum absolute atomic E-state index is 11.5. The average molecular weight is 185 g/mol. The molecule has 0 unspecified atom stereocenters. The molecule has 0 aromatic carbocycles. The molecule has 1 nitrogen and oxygen atoms in total. The highest BCUT2D eigenvalue weighted by Crippen LogP contribution is 2.35. The minimum atomic E-state index is -5.93. The number of hydrogen-bond donors (Lipinski definition) is 0. The van der Waals surface area contributed by atoms with Gasteiger partial charge in [-0.25, -0.2) is 0 Å². The zero-order chi connectivity index (χ0) is 9.28. The van der Waals surface area contributed by atoms with Gasteiger partial charge in [0, 0.05) is 5.34 Å². The van der Waals surface area contributed by atoms with Gasteiger partial charge in [-0.05, 0) is 0 Å². The molecule has 8 heteroatoms. The van der Waals surface area contributed by atoms with Crippen LogP contribution >= 0.6 is 0 Å². The van der Waals surface area contributed by atoms with Crippen LogP contribution in [0.3, 0.4) is 0 Å². The Kier molecular flexibility index (Phi) is 2.70. The second kappa shape index (κ2) is 2.84. The molecule has 0 aliphatic rings. The monoisotopic (exact) mass is 185 g/mol. The lowest BCUT2D eigenvalue weighted by Crippen LogP contribution is -2.42. The number of nitrogens with zero attached hydrogens (tertiary/aromatic N) is 1. The summed E-state index contributed by atoms with van der Waals surface area (Å²) < 4.78 is 78.1. The van der Waals surface area contributed by atoms with Gasteiger partial charge in [0.1, 0.15) is 6.54 Å². The maximum atomic E-state index is 11.5. The summed E-state index contributed by atoms with van der Waals surface area (Å²) in [7, 11) is 0. The summed E-state index contributed by atoms with van der Waals surface area (Å²) in [5, 5.41) is -2.21. The second-order valence-electron chi connectivity index (χ2n) is 1.66. The number of hydrogen-bond acceptors (Lipinski definition) is 1. The second-order valence-corrected chi connectivity index (χ2v) is 1.66. The summed E-state index contributed by atoms with van der Waals surface area (Å²) in [5.41, 5.74) is 0. The standard InChI is InChI=1S/C3H2F7N/c4-2(5,1-11(9)10)3(6,7)8/h1H2. The van der Waals surface area contributed by atoms with Crippen LogP contribution in [0.4, 0.5) is 30.9 Å². The quantitative estimate of drug-likeness (QED) is 0.471. The first-order chi connectivity index (χ1) is 4.67. The summed E-state index contributed by atoms with van der Waals surface area (Å²) in [4.78, 5) is 0. The van der Waals surface area contributed by atoms with E-state index in [2.05, 4.69) is 0 Å². The van der Waals surface area contributed by atoms with Crippen molar-refractivity contribution in [1.82, 2.24) is 5.34 Å². The molecule has 0 N–H and O–H groups in total. The first kappa shape index (κ1) is 10.5. The number of halogens is 7. The van der Waals surface area contributed by atoms with Crippen LogP contribution in [0.1, 0.15) is 0 Å². The smallest absolute Gasteiger partial charge is 0.195 e. The Morgan fingerprint density at radius 1 is 0.909 bits per heavy atom. The Hall–Kier alpha value is -0.530. The third-order valence-electron chi connectivity index (χ3n) is 0.733. The molecule has 0 aromatic heterocycles. The van der Waals surface area contributed by atoms with Crippen molar-refractivity contribution in [2.75, 3.05) is 6.54 Å². The van der Waals surface area contributed by atoms with Crippen LogP contribution in [0.5, 0.6) is 0 Å². The van der Waals surface area contributed by atoms with Gasteiger partial charge in [-0.3, -0.25) is 0 Å². The molecule has 0 amide bonds. The van der Waals surface area contributed by atoms with Crippen LogP contribution in [-0.4, -0.2) is 24.0 Å². The fraction of sp³-hybridized carbons (Fsp3) is 1.00. The minimum Gasteiger partial charge on any atom is -0.195 e. The van der Waals surface area contributed by atoms with E-state index >= 15 is 0 Å². The molecular weight excluding hydrogens is 183 g/mol. The molecule has 0 aliphatic heterocycles. The SMILES string of the molecule is FN(F)CC(F)(F)C(F)(F)F. The first-order valence-electron chi connectivity index (χ1n) is 2.20. The predicted octanol–water partition coefficient (Wildman–Crippen LogP) is 2.25. The Bertz CT molecular complexity index is 126. The predicted molar refractivity (Wildman–Crippen MR) is 19.9 cm³/mol. The molecule has 0 atom stereocenters. The van der Waals surface area contributed by atoms with E-state index in [1.54, 1.807) is 0 Å². The first-order valence-corrected chi connectivity index (χ1v) is 2.20. The van der Waals surface area contributed by atoms with Gasteiger partial charge in [0.05, 0.1) is 0 Å². The van der Waals surface area contributed by atoms with E-state index in [-0.39, 0.29) is 0 Å². The molecule has 0 bridgehead atoms. The van der Waals surface area contributed by atoms with E-state index in [1.807, 2.05) is 0 Å². The highest BCUT2D eigenvalue weighted by atomic mass is 19.4. The topological polar surface area (TPSA) is 3.24 Å². The van der Waals surface area contributed by atoms with Crippen LogP contribution in [0.25, 0.3) is 0 Å². The Balaban J connectivity index is 4.22. The maximum Gasteiger partial charge on any atom is 0.454 e. The van der Waals surface area contributed by atoms with Gasteiger partial charge < -0.3 is 0 Å². The lowest BCUT2D eigenvalue weighted by atomic mass is 10.3. The molecule has 68 valence electrons. The van der Waals surface area contributed by atoms with E-state index in [0.717, 1.165) is 0 Å². The molecule has 0 aromatic rings. The molecule has 0 saturated carbocycles. The fourth-order valence-electron chi connectivity index (χ4n) is 0.240.